The van der Waals surface area contributed by atoms with E-state index in [1.54, 1.807) is 0 Å². The number of halogens is 1. The Morgan fingerprint density at radius 1 is 1.22 bits per heavy atom. The molecule has 0 spiro atoms. The maximum atomic E-state index is 11.3. The minimum atomic E-state index is -0.0636. The van der Waals surface area contributed by atoms with Gasteiger partial charge in [0, 0.05) is 50.0 Å². The first-order chi connectivity index (χ1) is 15.4. The summed E-state index contributed by atoms with van der Waals surface area (Å²) in [4.78, 5) is 25.2. The molecule has 1 atom stereocenters. The molecule has 0 bridgehead atoms. The zero-order valence-corrected chi connectivity index (χ0v) is 19.4. The Morgan fingerprint density at radius 3 is 2.69 bits per heavy atom. The quantitative estimate of drug-likeness (QED) is 0.563. The molecular weight excluding hydrogens is 422 g/mol. The van der Waals surface area contributed by atoms with Gasteiger partial charge < -0.3 is 10.2 Å². The van der Waals surface area contributed by atoms with E-state index in [4.69, 9.17) is 16.6 Å². The van der Waals surface area contributed by atoms with E-state index in [0.29, 0.717) is 11.0 Å². The summed E-state index contributed by atoms with van der Waals surface area (Å²) in [7, 11) is 3.92. The van der Waals surface area contributed by atoms with Gasteiger partial charge in [-0.05, 0) is 54.8 Å². The Labute approximate surface area is 194 Å². The molecule has 0 aliphatic carbocycles. The number of carbonyl (C=O) groups is 1. The lowest BCUT2D eigenvalue weighted by Crippen LogP contribution is -2.25. The number of rotatable bonds is 6. The molecule has 1 saturated heterocycles. The van der Waals surface area contributed by atoms with E-state index in [2.05, 4.69) is 33.4 Å². The van der Waals surface area contributed by atoms with Crippen molar-refractivity contribution in [1.29, 1.82) is 0 Å². The minimum Gasteiger partial charge on any atom is -0.347 e. The molecule has 1 aliphatic rings. The van der Waals surface area contributed by atoms with Crippen molar-refractivity contribution in [2.45, 2.75) is 32.4 Å². The van der Waals surface area contributed by atoms with Crippen molar-refractivity contribution in [3.8, 4) is 11.1 Å². The molecule has 6 nitrogen and oxygen atoms in total. The van der Waals surface area contributed by atoms with Crippen LogP contribution in [0.15, 0.2) is 54.7 Å². The summed E-state index contributed by atoms with van der Waals surface area (Å²) < 4.78 is 0. The summed E-state index contributed by atoms with van der Waals surface area (Å²) >= 11 is 6.28. The topological polar surface area (TPSA) is 61.4 Å². The molecule has 1 aromatic heterocycles. The SMILES string of the molecule is CC(=O)Nc1ccc(CN2CCCC2c2nc(N(C)C)ncc2-c2cccc(Cl)c2)cc1. The highest BCUT2D eigenvalue weighted by Gasteiger charge is 2.30. The van der Waals surface area contributed by atoms with E-state index < -0.39 is 0 Å². The lowest BCUT2D eigenvalue weighted by atomic mass is 9.99. The minimum absolute atomic E-state index is 0.0636. The first kappa shape index (κ1) is 22.2. The van der Waals surface area contributed by atoms with Gasteiger partial charge in [-0.1, -0.05) is 35.9 Å². The van der Waals surface area contributed by atoms with Crippen molar-refractivity contribution in [3.05, 3.63) is 71.0 Å². The third-order valence-electron chi connectivity index (χ3n) is 5.68. The molecule has 2 aromatic carbocycles. The maximum absolute atomic E-state index is 11.3. The predicted octanol–water partition coefficient (Wildman–Crippen LogP) is 5.16. The molecule has 7 heteroatoms. The van der Waals surface area contributed by atoms with Crippen LogP contribution in [0.5, 0.6) is 0 Å². The molecule has 0 saturated carbocycles. The number of amides is 1. The number of carbonyl (C=O) groups excluding carboxylic acids is 1. The van der Waals surface area contributed by atoms with Crippen molar-refractivity contribution >= 4 is 29.1 Å². The fourth-order valence-corrected chi connectivity index (χ4v) is 4.38. The van der Waals surface area contributed by atoms with Crippen LogP contribution in [0, 0.1) is 0 Å². The van der Waals surface area contributed by atoms with Gasteiger partial charge in [0.25, 0.3) is 0 Å². The number of nitrogens with one attached hydrogen (secondary N) is 1. The Morgan fingerprint density at radius 2 is 2.00 bits per heavy atom. The Bertz CT molecular complexity index is 1100. The second-order valence-electron chi connectivity index (χ2n) is 8.38. The molecular formula is C25H28ClN5O. The maximum Gasteiger partial charge on any atom is 0.225 e. The van der Waals surface area contributed by atoms with Crippen LogP contribution in [-0.2, 0) is 11.3 Å². The lowest BCUT2D eigenvalue weighted by Gasteiger charge is -2.27. The first-order valence-corrected chi connectivity index (χ1v) is 11.2. The van der Waals surface area contributed by atoms with E-state index in [9.17, 15) is 4.79 Å². The van der Waals surface area contributed by atoms with Gasteiger partial charge in [0.2, 0.25) is 11.9 Å². The molecule has 1 N–H and O–H groups in total. The van der Waals surface area contributed by atoms with Crippen molar-refractivity contribution in [3.63, 3.8) is 0 Å². The standard InChI is InChI=1S/C25H28ClN5O/c1-17(32)28-21-11-9-18(10-12-21)16-31-13-5-8-23(31)24-22(15-27-25(29-24)30(2)3)19-6-4-7-20(26)14-19/h4,6-7,9-12,14-15,23H,5,8,13,16H2,1-3H3,(H,28,32). The highest BCUT2D eigenvalue weighted by molar-refractivity contribution is 6.30. The van der Waals surface area contributed by atoms with Crippen LogP contribution in [0.1, 0.15) is 37.1 Å². The summed E-state index contributed by atoms with van der Waals surface area (Å²) in [6, 6.07) is 16.1. The van der Waals surface area contributed by atoms with Gasteiger partial charge in [-0.3, -0.25) is 9.69 Å². The Hall–Kier alpha value is -2.96. The predicted molar refractivity (Wildman–Crippen MR) is 130 cm³/mol. The summed E-state index contributed by atoms with van der Waals surface area (Å²) in [5, 5.41) is 3.52. The second kappa shape index (κ2) is 9.67. The number of likely N-dealkylation sites (tertiary alicyclic amines) is 1. The molecule has 1 aliphatic heterocycles. The average molecular weight is 450 g/mol. The van der Waals surface area contributed by atoms with Crippen LogP contribution in [0.4, 0.5) is 11.6 Å². The fraction of sp³-hybridized carbons (Fsp3) is 0.320. The summed E-state index contributed by atoms with van der Waals surface area (Å²) in [5.41, 5.74) is 5.12. The third-order valence-corrected chi connectivity index (χ3v) is 5.92. The van der Waals surface area contributed by atoms with Crippen molar-refractivity contribution in [2.24, 2.45) is 0 Å². The van der Waals surface area contributed by atoms with Gasteiger partial charge >= 0.3 is 0 Å². The molecule has 1 fully saturated rings. The number of nitrogens with zero attached hydrogens (tertiary/aromatic N) is 4. The van der Waals surface area contributed by atoms with Crippen molar-refractivity contribution in [1.82, 2.24) is 14.9 Å². The van der Waals surface area contributed by atoms with Crippen LogP contribution in [0.25, 0.3) is 11.1 Å². The van der Waals surface area contributed by atoms with E-state index >= 15 is 0 Å². The number of benzene rings is 2. The van der Waals surface area contributed by atoms with Gasteiger partial charge in [-0.15, -0.1) is 0 Å². The summed E-state index contributed by atoms with van der Waals surface area (Å²) in [6.45, 7) is 3.35. The van der Waals surface area contributed by atoms with Crippen LogP contribution in [-0.4, -0.2) is 41.4 Å². The van der Waals surface area contributed by atoms with E-state index in [1.165, 1.54) is 12.5 Å². The van der Waals surface area contributed by atoms with Crippen molar-refractivity contribution in [2.75, 3.05) is 30.9 Å². The zero-order chi connectivity index (χ0) is 22.7. The molecule has 1 amide bonds. The fourth-order valence-electron chi connectivity index (χ4n) is 4.19. The molecule has 166 valence electrons. The first-order valence-electron chi connectivity index (χ1n) is 10.8. The highest BCUT2D eigenvalue weighted by Crippen LogP contribution is 2.38. The highest BCUT2D eigenvalue weighted by atomic mass is 35.5. The Balaban J connectivity index is 1.65. The van der Waals surface area contributed by atoms with Crippen LogP contribution in [0.3, 0.4) is 0 Å². The molecule has 0 radical (unpaired) electrons. The Kier molecular flexibility index (Phi) is 6.72. The average Bonchev–Trinajstić information content (AvgIpc) is 3.22. The normalized spacial score (nSPS) is 16.2. The van der Waals surface area contributed by atoms with Crippen LogP contribution in [0.2, 0.25) is 5.02 Å². The molecule has 32 heavy (non-hydrogen) atoms. The molecule has 4 rings (SSSR count). The molecule has 2 heterocycles. The number of aromatic nitrogens is 2. The summed E-state index contributed by atoms with van der Waals surface area (Å²) in [5.74, 6) is 0.642. The number of anilines is 2. The van der Waals surface area contributed by atoms with Crippen molar-refractivity contribution < 1.29 is 4.79 Å². The summed E-state index contributed by atoms with van der Waals surface area (Å²) in [6.07, 6.45) is 4.08. The second-order valence-corrected chi connectivity index (χ2v) is 8.82. The van der Waals surface area contributed by atoms with E-state index in [-0.39, 0.29) is 11.9 Å². The number of hydrogen-bond acceptors (Lipinski definition) is 5. The van der Waals surface area contributed by atoms with E-state index in [0.717, 1.165) is 48.4 Å². The molecule has 1 unspecified atom stereocenters. The molecule has 3 aromatic rings. The third kappa shape index (κ3) is 5.09. The van der Waals surface area contributed by atoms with Gasteiger partial charge in [0.05, 0.1) is 11.7 Å². The number of hydrogen-bond donors (Lipinski definition) is 1. The van der Waals surface area contributed by atoms with Gasteiger partial charge in [0.1, 0.15) is 0 Å². The monoisotopic (exact) mass is 449 g/mol. The van der Waals surface area contributed by atoms with Crippen LogP contribution >= 0.6 is 11.6 Å². The lowest BCUT2D eigenvalue weighted by molar-refractivity contribution is -0.114. The van der Waals surface area contributed by atoms with Gasteiger partial charge in [-0.25, -0.2) is 9.97 Å². The van der Waals surface area contributed by atoms with Gasteiger partial charge in [-0.2, -0.15) is 0 Å². The largest absolute Gasteiger partial charge is 0.347 e. The van der Waals surface area contributed by atoms with Gasteiger partial charge in [0.15, 0.2) is 0 Å². The van der Waals surface area contributed by atoms with Crippen LogP contribution < -0.4 is 10.2 Å². The van der Waals surface area contributed by atoms with E-state index in [1.807, 2.05) is 55.5 Å². The smallest absolute Gasteiger partial charge is 0.225 e. The zero-order valence-electron chi connectivity index (χ0n) is 18.7.